The number of aryl methyl sites for hydroxylation is 1. The Bertz CT molecular complexity index is 341. The lowest BCUT2D eigenvalue weighted by molar-refractivity contribution is 0.270. The van der Waals surface area contributed by atoms with Crippen LogP contribution >= 0.6 is 11.6 Å². The Hall–Kier alpha value is -0.870. The van der Waals surface area contributed by atoms with Gasteiger partial charge in [0.25, 0.3) is 0 Å². The van der Waals surface area contributed by atoms with Gasteiger partial charge in [-0.15, -0.1) is 0 Å². The third-order valence-electron chi connectivity index (χ3n) is 2.96. The van der Waals surface area contributed by atoms with Crippen molar-refractivity contribution in [2.24, 2.45) is 0 Å². The van der Waals surface area contributed by atoms with Crippen LogP contribution in [-0.2, 0) is 0 Å². The minimum absolute atomic E-state index is 0.341. The average molecular weight is 241 g/mol. The normalized spacial score (nSPS) is 17.8. The number of likely N-dealkylation sites (N-methyl/N-ethyl adjacent to an activating group) is 1. The number of rotatable bonds is 2. The molecule has 1 aromatic rings. The molecule has 5 heteroatoms. The van der Waals surface area contributed by atoms with Gasteiger partial charge in [0.2, 0.25) is 5.28 Å². The highest BCUT2D eigenvalue weighted by molar-refractivity contribution is 6.28. The molecule has 0 atom stereocenters. The molecule has 0 amide bonds. The molecule has 0 unspecified atom stereocenters. The number of piperazine rings is 1. The molecule has 4 nitrogen and oxygen atoms in total. The summed E-state index contributed by atoms with van der Waals surface area (Å²) >= 11 is 5.87. The standard InChI is InChI=1S/C11H17ClN4/c1-3-15-4-6-16(7-5-15)10-8-9(2)13-11(12)14-10/h8H,3-7H2,1-2H3. The largest absolute Gasteiger partial charge is 0.354 e. The summed E-state index contributed by atoms with van der Waals surface area (Å²) in [7, 11) is 0. The van der Waals surface area contributed by atoms with E-state index >= 15 is 0 Å². The van der Waals surface area contributed by atoms with E-state index in [2.05, 4.69) is 26.7 Å². The molecular weight excluding hydrogens is 224 g/mol. The third kappa shape index (κ3) is 2.62. The van der Waals surface area contributed by atoms with E-state index in [1.165, 1.54) is 0 Å². The number of hydrogen-bond donors (Lipinski definition) is 0. The molecule has 1 aliphatic heterocycles. The van der Waals surface area contributed by atoms with Crippen LogP contribution in [0.4, 0.5) is 5.82 Å². The summed E-state index contributed by atoms with van der Waals surface area (Å²) in [5.41, 5.74) is 0.924. The zero-order valence-electron chi connectivity index (χ0n) is 9.78. The highest BCUT2D eigenvalue weighted by Crippen LogP contribution is 2.16. The fourth-order valence-electron chi connectivity index (χ4n) is 1.97. The minimum Gasteiger partial charge on any atom is -0.354 e. The van der Waals surface area contributed by atoms with Crippen LogP contribution in [-0.4, -0.2) is 47.6 Å². The van der Waals surface area contributed by atoms with Crippen LogP contribution in [0.2, 0.25) is 5.28 Å². The molecule has 2 heterocycles. The molecule has 0 aromatic carbocycles. The zero-order chi connectivity index (χ0) is 11.5. The molecule has 1 aliphatic rings. The molecule has 1 saturated heterocycles. The van der Waals surface area contributed by atoms with Gasteiger partial charge in [0.1, 0.15) is 5.82 Å². The maximum Gasteiger partial charge on any atom is 0.224 e. The van der Waals surface area contributed by atoms with Crippen molar-refractivity contribution < 1.29 is 0 Å². The number of nitrogens with zero attached hydrogens (tertiary/aromatic N) is 4. The summed E-state index contributed by atoms with van der Waals surface area (Å²) in [6.45, 7) is 9.48. The lowest BCUT2D eigenvalue weighted by Gasteiger charge is -2.34. The molecule has 0 aliphatic carbocycles. The number of aromatic nitrogens is 2. The predicted molar refractivity (Wildman–Crippen MR) is 66.1 cm³/mol. The Balaban J connectivity index is 2.08. The highest BCUT2D eigenvalue weighted by Gasteiger charge is 2.17. The van der Waals surface area contributed by atoms with Crippen molar-refractivity contribution in [3.05, 3.63) is 17.0 Å². The minimum atomic E-state index is 0.341. The van der Waals surface area contributed by atoms with Crippen molar-refractivity contribution in [3.63, 3.8) is 0 Å². The molecule has 0 bridgehead atoms. The van der Waals surface area contributed by atoms with Crippen molar-refractivity contribution in [2.45, 2.75) is 13.8 Å². The number of anilines is 1. The second kappa shape index (κ2) is 4.97. The second-order valence-electron chi connectivity index (χ2n) is 4.06. The zero-order valence-corrected chi connectivity index (χ0v) is 10.5. The summed E-state index contributed by atoms with van der Waals surface area (Å²) < 4.78 is 0. The molecule has 1 fully saturated rings. The van der Waals surface area contributed by atoms with Gasteiger partial charge in [0.05, 0.1) is 0 Å². The third-order valence-corrected chi connectivity index (χ3v) is 3.13. The maximum absolute atomic E-state index is 5.87. The lowest BCUT2D eigenvalue weighted by atomic mass is 10.3. The van der Waals surface area contributed by atoms with Gasteiger partial charge >= 0.3 is 0 Å². The lowest BCUT2D eigenvalue weighted by Crippen LogP contribution is -2.46. The monoisotopic (exact) mass is 240 g/mol. The van der Waals surface area contributed by atoms with Gasteiger partial charge in [-0.2, -0.15) is 0 Å². The molecule has 0 spiro atoms. The van der Waals surface area contributed by atoms with Crippen LogP contribution in [0.15, 0.2) is 6.07 Å². The molecule has 16 heavy (non-hydrogen) atoms. The quantitative estimate of drug-likeness (QED) is 0.735. The van der Waals surface area contributed by atoms with Gasteiger partial charge in [-0.1, -0.05) is 6.92 Å². The predicted octanol–water partition coefficient (Wildman–Crippen LogP) is 1.58. The van der Waals surface area contributed by atoms with E-state index in [0.717, 1.165) is 44.2 Å². The molecule has 0 saturated carbocycles. The van der Waals surface area contributed by atoms with Crippen LogP contribution < -0.4 is 4.90 Å². The van der Waals surface area contributed by atoms with Gasteiger partial charge in [-0.05, 0) is 25.1 Å². The first-order chi connectivity index (χ1) is 7.69. The van der Waals surface area contributed by atoms with Gasteiger partial charge in [-0.3, -0.25) is 0 Å². The summed E-state index contributed by atoms with van der Waals surface area (Å²) in [5, 5.41) is 0.341. The molecular formula is C11H17ClN4. The summed E-state index contributed by atoms with van der Waals surface area (Å²) in [4.78, 5) is 13.1. The number of hydrogen-bond acceptors (Lipinski definition) is 4. The van der Waals surface area contributed by atoms with Crippen molar-refractivity contribution >= 4 is 17.4 Å². The molecule has 0 N–H and O–H groups in total. The van der Waals surface area contributed by atoms with E-state index < -0.39 is 0 Å². The molecule has 1 aromatic heterocycles. The van der Waals surface area contributed by atoms with Crippen LogP contribution in [0.25, 0.3) is 0 Å². The van der Waals surface area contributed by atoms with E-state index in [1.54, 1.807) is 0 Å². The Morgan fingerprint density at radius 3 is 2.50 bits per heavy atom. The molecule has 2 rings (SSSR count). The summed E-state index contributed by atoms with van der Waals surface area (Å²) in [5.74, 6) is 0.952. The van der Waals surface area contributed by atoms with Crippen LogP contribution in [0.5, 0.6) is 0 Å². The first-order valence-electron chi connectivity index (χ1n) is 5.67. The fraction of sp³-hybridized carbons (Fsp3) is 0.636. The maximum atomic E-state index is 5.87. The Kier molecular flexibility index (Phi) is 3.61. The van der Waals surface area contributed by atoms with Crippen molar-refractivity contribution in [1.82, 2.24) is 14.9 Å². The summed E-state index contributed by atoms with van der Waals surface area (Å²) in [6, 6.07) is 1.99. The molecule has 0 radical (unpaired) electrons. The number of halogens is 1. The van der Waals surface area contributed by atoms with E-state index in [9.17, 15) is 0 Å². The van der Waals surface area contributed by atoms with E-state index in [1.807, 2.05) is 13.0 Å². The van der Waals surface area contributed by atoms with Crippen LogP contribution in [0, 0.1) is 6.92 Å². The van der Waals surface area contributed by atoms with E-state index in [0.29, 0.717) is 5.28 Å². The first-order valence-corrected chi connectivity index (χ1v) is 6.05. The van der Waals surface area contributed by atoms with Crippen LogP contribution in [0.1, 0.15) is 12.6 Å². The van der Waals surface area contributed by atoms with Crippen LogP contribution in [0.3, 0.4) is 0 Å². The van der Waals surface area contributed by atoms with Gasteiger partial charge < -0.3 is 9.80 Å². The second-order valence-corrected chi connectivity index (χ2v) is 4.40. The Morgan fingerprint density at radius 1 is 1.25 bits per heavy atom. The first kappa shape index (κ1) is 11.6. The Morgan fingerprint density at radius 2 is 1.94 bits per heavy atom. The van der Waals surface area contributed by atoms with Crippen molar-refractivity contribution in [1.29, 1.82) is 0 Å². The average Bonchev–Trinajstić information content (AvgIpc) is 2.28. The SMILES string of the molecule is CCN1CCN(c2cc(C)nc(Cl)n2)CC1. The fourth-order valence-corrected chi connectivity index (χ4v) is 2.19. The molecule has 88 valence electrons. The van der Waals surface area contributed by atoms with E-state index in [-0.39, 0.29) is 0 Å². The van der Waals surface area contributed by atoms with E-state index in [4.69, 9.17) is 11.6 Å². The summed E-state index contributed by atoms with van der Waals surface area (Å²) in [6.07, 6.45) is 0. The highest BCUT2D eigenvalue weighted by atomic mass is 35.5. The van der Waals surface area contributed by atoms with Gasteiger partial charge in [0.15, 0.2) is 0 Å². The van der Waals surface area contributed by atoms with Gasteiger partial charge in [0, 0.05) is 37.9 Å². The Labute approximate surface area is 101 Å². The van der Waals surface area contributed by atoms with Crippen molar-refractivity contribution in [3.8, 4) is 0 Å². The van der Waals surface area contributed by atoms with Crippen molar-refractivity contribution in [2.75, 3.05) is 37.6 Å². The smallest absolute Gasteiger partial charge is 0.224 e. The topological polar surface area (TPSA) is 32.3 Å². The van der Waals surface area contributed by atoms with Gasteiger partial charge in [-0.25, -0.2) is 9.97 Å².